The minimum Gasteiger partial charge on any atom is -0.497 e. The first-order valence-electron chi connectivity index (χ1n) is 10.8. The first-order valence-corrected chi connectivity index (χ1v) is 10.8. The molecule has 1 atom stereocenters. The molecule has 1 aromatic heterocycles. The number of aromatic carboxylic acids is 1. The maximum atomic E-state index is 13.2. The number of carbonyl (C=O) groups is 1. The minimum absolute atomic E-state index is 0.00600. The molecular weight excluding hydrogens is 425 g/mol. The zero-order valence-corrected chi connectivity index (χ0v) is 18.6. The van der Waals surface area contributed by atoms with E-state index < -0.39 is 5.97 Å². The van der Waals surface area contributed by atoms with Gasteiger partial charge in [-0.1, -0.05) is 12.1 Å². The van der Waals surface area contributed by atoms with Crippen LogP contribution in [0.4, 0.5) is 10.3 Å². The number of ether oxygens (including phenoxy) is 2. The Labute approximate surface area is 191 Å². The molecule has 0 aliphatic carbocycles. The van der Waals surface area contributed by atoms with Crippen LogP contribution in [0.25, 0.3) is 0 Å². The summed E-state index contributed by atoms with van der Waals surface area (Å²) < 4.78 is 24.1. The van der Waals surface area contributed by atoms with Gasteiger partial charge in [-0.05, 0) is 55.5 Å². The smallest absolute Gasteiger partial charge is 0.339 e. The van der Waals surface area contributed by atoms with Crippen molar-refractivity contribution in [1.29, 1.82) is 0 Å². The molecule has 1 aliphatic heterocycles. The van der Waals surface area contributed by atoms with Crippen molar-refractivity contribution in [2.24, 2.45) is 0 Å². The standard InChI is InChI=1S/C25H26FN3O4/c1-32-18-10-11-19(23(14-18)33-2)22-4-3-13-29(22)25-27-15-20(24(30)31)21(28-25)12-7-16-5-8-17(26)9-6-16/h5-6,8-11,14-15,22H,3-4,7,12-13H2,1-2H3,(H,30,31)/t22-/m0/s1. The lowest BCUT2D eigenvalue weighted by Crippen LogP contribution is -2.26. The maximum absolute atomic E-state index is 13.2. The zero-order chi connectivity index (χ0) is 23.4. The Bertz CT molecular complexity index is 1140. The quantitative estimate of drug-likeness (QED) is 0.541. The van der Waals surface area contributed by atoms with Crippen LogP contribution in [0, 0.1) is 5.82 Å². The second kappa shape index (κ2) is 9.85. The molecule has 0 spiro atoms. The van der Waals surface area contributed by atoms with Gasteiger partial charge in [0.1, 0.15) is 17.3 Å². The number of methoxy groups -OCH3 is 2. The second-order valence-corrected chi connectivity index (χ2v) is 7.92. The van der Waals surface area contributed by atoms with Gasteiger partial charge in [-0.15, -0.1) is 0 Å². The lowest BCUT2D eigenvalue weighted by molar-refractivity contribution is 0.0694. The van der Waals surface area contributed by atoms with Gasteiger partial charge in [-0.25, -0.2) is 19.2 Å². The summed E-state index contributed by atoms with van der Waals surface area (Å²) in [5.41, 5.74) is 2.47. The summed E-state index contributed by atoms with van der Waals surface area (Å²) in [4.78, 5) is 22.9. The monoisotopic (exact) mass is 451 g/mol. The molecule has 1 saturated heterocycles. The van der Waals surface area contributed by atoms with E-state index >= 15 is 0 Å². The number of carboxylic acids is 1. The Morgan fingerprint density at radius 1 is 1.15 bits per heavy atom. The average Bonchev–Trinajstić information content (AvgIpc) is 3.32. The van der Waals surface area contributed by atoms with Crippen LogP contribution in [-0.2, 0) is 12.8 Å². The molecule has 0 amide bonds. The van der Waals surface area contributed by atoms with E-state index in [1.807, 2.05) is 18.2 Å². The molecule has 8 heteroatoms. The van der Waals surface area contributed by atoms with Crippen molar-refractivity contribution in [3.63, 3.8) is 0 Å². The Morgan fingerprint density at radius 3 is 2.64 bits per heavy atom. The number of aryl methyl sites for hydroxylation is 2. The first-order chi connectivity index (χ1) is 16.0. The van der Waals surface area contributed by atoms with Gasteiger partial charge in [0.05, 0.1) is 31.5 Å². The van der Waals surface area contributed by atoms with Gasteiger partial charge in [0, 0.05) is 24.4 Å². The summed E-state index contributed by atoms with van der Waals surface area (Å²) in [6.07, 6.45) is 4.19. The number of anilines is 1. The summed E-state index contributed by atoms with van der Waals surface area (Å²) in [5.74, 6) is 0.568. The Kier molecular flexibility index (Phi) is 6.72. The van der Waals surface area contributed by atoms with Crippen LogP contribution in [0.15, 0.2) is 48.7 Å². The largest absolute Gasteiger partial charge is 0.497 e. The van der Waals surface area contributed by atoms with Crippen molar-refractivity contribution in [1.82, 2.24) is 9.97 Å². The Hall–Kier alpha value is -3.68. The summed E-state index contributed by atoms with van der Waals surface area (Å²) in [7, 11) is 3.24. The number of benzene rings is 2. The molecular formula is C25H26FN3O4. The fraction of sp³-hybridized carbons (Fsp3) is 0.320. The van der Waals surface area contributed by atoms with Crippen molar-refractivity contribution in [2.75, 3.05) is 25.7 Å². The molecule has 33 heavy (non-hydrogen) atoms. The average molecular weight is 451 g/mol. The van der Waals surface area contributed by atoms with E-state index in [9.17, 15) is 14.3 Å². The van der Waals surface area contributed by atoms with E-state index in [2.05, 4.69) is 14.9 Å². The van der Waals surface area contributed by atoms with Gasteiger partial charge in [0.2, 0.25) is 5.95 Å². The summed E-state index contributed by atoms with van der Waals surface area (Å²) in [5, 5.41) is 9.63. The van der Waals surface area contributed by atoms with Gasteiger partial charge >= 0.3 is 5.97 Å². The van der Waals surface area contributed by atoms with E-state index in [4.69, 9.17) is 9.47 Å². The topological polar surface area (TPSA) is 84.8 Å². The van der Waals surface area contributed by atoms with Gasteiger partial charge in [-0.3, -0.25) is 0 Å². The number of hydrogen-bond acceptors (Lipinski definition) is 6. The highest BCUT2D eigenvalue weighted by Crippen LogP contribution is 2.40. The highest BCUT2D eigenvalue weighted by atomic mass is 19.1. The van der Waals surface area contributed by atoms with Gasteiger partial charge in [0.15, 0.2) is 0 Å². The van der Waals surface area contributed by atoms with Crippen molar-refractivity contribution >= 4 is 11.9 Å². The lowest BCUT2D eigenvalue weighted by atomic mass is 10.0. The van der Waals surface area contributed by atoms with Crippen molar-refractivity contribution in [2.45, 2.75) is 31.7 Å². The summed E-state index contributed by atoms with van der Waals surface area (Å²) in [6.45, 7) is 0.754. The number of halogens is 1. The molecule has 1 N–H and O–H groups in total. The third kappa shape index (κ3) is 4.89. The number of aromatic nitrogens is 2. The van der Waals surface area contributed by atoms with Crippen molar-refractivity contribution < 1.29 is 23.8 Å². The number of carboxylic acid groups (broad SMARTS) is 1. The van der Waals surface area contributed by atoms with Crippen LogP contribution in [-0.4, -0.2) is 41.8 Å². The molecule has 0 unspecified atom stereocenters. The van der Waals surface area contributed by atoms with Gasteiger partial charge in [-0.2, -0.15) is 0 Å². The third-order valence-electron chi connectivity index (χ3n) is 5.96. The van der Waals surface area contributed by atoms with Crippen molar-refractivity contribution in [3.8, 4) is 11.5 Å². The minimum atomic E-state index is -1.06. The number of nitrogens with zero attached hydrogens (tertiary/aromatic N) is 3. The van der Waals surface area contributed by atoms with E-state index in [1.165, 1.54) is 18.3 Å². The molecule has 1 fully saturated rings. The molecule has 0 radical (unpaired) electrons. The fourth-order valence-electron chi connectivity index (χ4n) is 4.25. The van der Waals surface area contributed by atoms with E-state index in [0.717, 1.165) is 36.3 Å². The summed E-state index contributed by atoms with van der Waals surface area (Å²) in [6, 6.07) is 11.9. The van der Waals surface area contributed by atoms with Crippen LogP contribution < -0.4 is 14.4 Å². The third-order valence-corrected chi connectivity index (χ3v) is 5.96. The number of hydrogen-bond donors (Lipinski definition) is 1. The highest BCUT2D eigenvalue weighted by Gasteiger charge is 2.31. The molecule has 1 aliphatic rings. The normalized spacial score (nSPS) is 15.5. The molecule has 7 nitrogen and oxygen atoms in total. The van der Waals surface area contributed by atoms with Crippen LogP contribution >= 0.6 is 0 Å². The van der Waals surface area contributed by atoms with E-state index in [0.29, 0.717) is 30.2 Å². The highest BCUT2D eigenvalue weighted by molar-refractivity contribution is 5.88. The van der Waals surface area contributed by atoms with Crippen LogP contribution in [0.1, 0.15) is 46.1 Å². The zero-order valence-electron chi connectivity index (χ0n) is 18.6. The predicted octanol–water partition coefficient (Wildman–Crippen LogP) is 4.46. The van der Waals surface area contributed by atoms with E-state index in [1.54, 1.807) is 26.4 Å². The summed E-state index contributed by atoms with van der Waals surface area (Å²) >= 11 is 0. The molecule has 2 heterocycles. The SMILES string of the molecule is COc1ccc([C@@H]2CCCN2c2ncc(C(=O)O)c(CCc3ccc(F)cc3)n2)c(OC)c1. The fourth-order valence-corrected chi connectivity index (χ4v) is 4.25. The molecule has 2 aromatic carbocycles. The van der Waals surface area contributed by atoms with Crippen LogP contribution in [0.5, 0.6) is 11.5 Å². The van der Waals surface area contributed by atoms with E-state index in [-0.39, 0.29) is 17.4 Å². The van der Waals surface area contributed by atoms with Gasteiger partial charge in [0.25, 0.3) is 0 Å². The van der Waals surface area contributed by atoms with Crippen LogP contribution in [0.3, 0.4) is 0 Å². The predicted molar refractivity (Wildman–Crippen MR) is 122 cm³/mol. The van der Waals surface area contributed by atoms with Gasteiger partial charge < -0.3 is 19.5 Å². The molecule has 0 bridgehead atoms. The Morgan fingerprint density at radius 2 is 1.94 bits per heavy atom. The number of rotatable bonds is 8. The lowest BCUT2D eigenvalue weighted by Gasteiger charge is -2.27. The Balaban J connectivity index is 1.63. The van der Waals surface area contributed by atoms with Crippen LogP contribution in [0.2, 0.25) is 0 Å². The molecule has 0 saturated carbocycles. The first kappa shape index (κ1) is 22.5. The molecule has 4 rings (SSSR count). The molecule has 3 aromatic rings. The maximum Gasteiger partial charge on any atom is 0.339 e. The molecule has 172 valence electrons. The second-order valence-electron chi connectivity index (χ2n) is 7.92. The van der Waals surface area contributed by atoms with Crippen molar-refractivity contribution in [3.05, 3.63) is 76.9 Å².